The zero-order chi connectivity index (χ0) is 28.2. The van der Waals surface area contributed by atoms with Gasteiger partial charge in [0.15, 0.2) is 11.9 Å². The van der Waals surface area contributed by atoms with Crippen LogP contribution in [0.25, 0.3) is 11.4 Å². The van der Waals surface area contributed by atoms with Crippen LogP contribution in [0.5, 0.6) is 0 Å². The van der Waals surface area contributed by atoms with E-state index in [1.807, 2.05) is 5.43 Å². The summed E-state index contributed by atoms with van der Waals surface area (Å²) in [6.07, 6.45) is -8.23. The van der Waals surface area contributed by atoms with Crippen LogP contribution < -0.4 is 22.3 Å². The smallest absolute Gasteiger partial charge is 0.382 e. The summed E-state index contributed by atoms with van der Waals surface area (Å²) in [5.41, 5.74) is 1.33. The van der Waals surface area contributed by atoms with Crippen LogP contribution in [-0.4, -0.2) is 43.5 Å². The standard InChI is InChI=1S/C22H20Cl3F3N6O4/c23-12-6-4-11(5-7-12)20-32-34(21(38)33(20)9-16(35)22(26,27)28)10-18(37)30-15(8-17(36)31-29)13-2-1-3-14(24)19(13)25/h1-7,15-16,35H,8-10,29H2,(H,30,37)(H,31,36)/t15?,16-/m0/s1. The zero-order valence-electron chi connectivity index (χ0n) is 19.2. The lowest BCUT2D eigenvalue weighted by atomic mass is 10.0. The van der Waals surface area contributed by atoms with Crippen LogP contribution in [0.2, 0.25) is 15.1 Å². The Morgan fingerprint density at radius 3 is 2.34 bits per heavy atom. The van der Waals surface area contributed by atoms with Gasteiger partial charge in [0.2, 0.25) is 11.8 Å². The lowest BCUT2D eigenvalue weighted by molar-refractivity contribution is -0.207. The lowest BCUT2D eigenvalue weighted by Crippen LogP contribution is -2.40. The molecule has 38 heavy (non-hydrogen) atoms. The molecule has 3 rings (SSSR count). The zero-order valence-corrected chi connectivity index (χ0v) is 21.4. The maximum atomic E-state index is 13.0. The third-order valence-electron chi connectivity index (χ3n) is 5.29. The molecule has 0 radical (unpaired) electrons. The number of carbonyl (C=O) groups is 2. The molecular weight excluding hydrogens is 576 g/mol. The molecular formula is C22H20Cl3F3N6O4. The summed E-state index contributed by atoms with van der Waals surface area (Å²) in [5, 5.41) is 16.7. The summed E-state index contributed by atoms with van der Waals surface area (Å²) < 4.78 is 40.3. The first-order chi connectivity index (χ1) is 17.8. The normalized spacial score (nSPS) is 13.2. The van der Waals surface area contributed by atoms with Crippen molar-refractivity contribution < 1.29 is 27.9 Å². The third-order valence-corrected chi connectivity index (χ3v) is 6.38. The summed E-state index contributed by atoms with van der Waals surface area (Å²) in [4.78, 5) is 37.8. The molecule has 0 aliphatic heterocycles. The topological polar surface area (TPSA) is 144 Å². The molecule has 3 aromatic rings. The number of alkyl halides is 3. The fourth-order valence-electron chi connectivity index (χ4n) is 3.45. The van der Waals surface area contributed by atoms with Crippen LogP contribution in [0.4, 0.5) is 13.2 Å². The number of halogens is 6. The van der Waals surface area contributed by atoms with E-state index in [1.165, 1.54) is 36.4 Å². The van der Waals surface area contributed by atoms with E-state index in [2.05, 4.69) is 10.4 Å². The van der Waals surface area contributed by atoms with Crippen LogP contribution in [0.3, 0.4) is 0 Å². The number of aliphatic hydroxyl groups is 1. The number of nitrogens with zero attached hydrogens (tertiary/aromatic N) is 3. The van der Waals surface area contributed by atoms with Crippen molar-refractivity contribution in [2.24, 2.45) is 5.84 Å². The van der Waals surface area contributed by atoms with E-state index < -0.39 is 48.9 Å². The molecule has 2 atom stereocenters. The van der Waals surface area contributed by atoms with Gasteiger partial charge in [0.25, 0.3) is 0 Å². The molecule has 0 aliphatic rings. The number of aromatic nitrogens is 3. The minimum absolute atomic E-state index is 0.0666. The average Bonchev–Trinajstić information content (AvgIpc) is 3.14. The first-order valence-corrected chi connectivity index (χ1v) is 11.9. The van der Waals surface area contributed by atoms with E-state index in [-0.39, 0.29) is 33.4 Å². The van der Waals surface area contributed by atoms with Crippen molar-refractivity contribution in [3.63, 3.8) is 0 Å². The van der Waals surface area contributed by atoms with Gasteiger partial charge in [-0.05, 0) is 35.9 Å². The van der Waals surface area contributed by atoms with Gasteiger partial charge in [-0.1, -0.05) is 46.9 Å². The second-order valence-corrected chi connectivity index (χ2v) is 9.20. The summed E-state index contributed by atoms with van der Waals surface area (Å²) in [7, 11) is 0. The second kappa shape index (κ2) is 12.2. The monoisotopic (exact) mass is 594 g/mol. The third kappa shape index (κ3) is 7.05. The van der Waals surface area contributed by atoms with E-state index in [9.17, 15) is 32.7 Å². The predicted molar refractivity (Wildman–Crippen MR) is 133 cm³/mol. The fraction of sp³-hybridized carbons (Fsp3) is 0.273. The number of amides is 2. The Kier molecular flexibility index (Phi) is 9.44. The number of rotatable bonds is 9. The van der Waals surface area contributed by atoms with Crippen LogP contribution in [-0.2, 0) is 22.7 Å². The molecule has 0 aliphatic carbocycles. The van der Waals surface area contributed by atoms with Gasteiger partial charge in [-0.25, -0.2) is 15.3 Å². The fourth-order valence-corrected chi connectivity index (χ4v) is 4.01. The van der Waals surface area contributed by atoms with Crippen molar-refractivity contribution >= 4 is 46.6 Å². The summed E-state index contributed by atoms with van der Waals surface area (Å²) in [6.45, 7) is -1.91. The van der Waals surface area contributed by atoms with Crippen LogP contribution in [0.1, 0.15) is 18.0 Å². The molecule has 0 fully saturated rings. The van der Waals surface area contributed by atoms with Crippen LogP contribution >= 0.6 is 34.8 Å². The SMILES string of the molecule is NNC(=O)CC(NC(=O)Cn1nc(-c2ccc(Cl)cc2)n(C[C@H](O)C(F)(F)F)c1=O)c1cccc(Cl)c1Cl. The van der Waals surface area contributed by atoms with Gasteiger partial charge in [-0.15, -0.1) is 5.10 Å². The number of hydrogen-bond acceptors (Lipinski definition) is 6. The molecule has 0 saturated heterocycles. The van der Waals surface area contributed by atoms with Crippen LogP contribution in [0, 0.1) is 0 Å². The van der Waals surface area contributed by atoms with E-state index in [1.54, 1.807) is 6.07 Å². The van der Waals surface area contributed by atoms with Crippen molar-refractivity contribution in [2.75, 3.05) is 0 Å². The molecule has 0 bridgehead atoms. The van der Waals surface area contributed by atoms with Crippen molar-refractivity contribution in [2.45, 2.75) is 37.8 Å². The Labute approximate surface area is 228 Å². The highest BCUT2D eigenvalue weighted by Crippen LogP contribution is 2.31. The molecule has 2 aromatic carbocycles. The highest BCUT2D eigenvalue weighted by atomic mass is 35.5. The first-order valence-electron chi connectivity index (χ1n) is 10.7. The number of nitrogens with two attached hydrogens (primary N) is 1. The number of hydrogen-bond donors (Lipinski definition) is 4. The number of nitrogens with one attached hydrogen (secondary N) is 2. The Hall–Kier alpha value is -3.10. The van der Waals surface area contributed by atoms with Gasteiger partial charge >= 0.3 is 11.9 Å². The largest absolute Gasteiger partial charge is 0.416 e. The van der Waals surface area contributed by atoms with Gasteiger partial charge in [0.05, 0.1) is 29.1 Å². The second-order valence-electron chi connectivity index (χ2n) is 7.97. The van der Waals surface area contributed by atoms with Gasteiger partial charge in [-0.3, -0.25) is 19.6 Å². The molecule has 0 saturated carbocycles. The number of hydrazine groups is 1. The Balaban J connectivity index is 1.95. The predicted octanol–water partition coefficient (Wildman–Crippen LogP) is 2.83. The highest BCUT2D eigenvalue weighted by molar-refractivity contribution is 6.42. The van der Waals surface area contributed by atoms with Gasteiger partial charge in [0, 0.05) is 10.6 Å². The molecule has 1 heterocycles. The first kappa shape index (κ1) is 29.5. The minimum Gasteiger partial charge on any atom is -0.382 e. The molecule has 10 nitrogen and oxygen atoms in total. The lowest BCUT2D eigenvalue weighted by Gasteiger charge is -2.20. The van der Waals surface area contributed by atoms with Gasteiger partial charge in [-0.2, -0.15) is 13.2 Å². The van der Waals surface area contributed by atoms with E-state index in [4.69, 9.17) is 40.6 Å². The molecule has 2 amide bonds. The minimum atomic E-state index is -5.01. The molecule has 1 aromatic heterocycles. The van der Waals surface area contributed by atoms with Crippen molar-refractivity contribution in [1.29, 1.82) is 0 Å². The molecule has 16 heteroatoms. The van der Waals surface area contributed by atoms with E-state index in [0.717, 1.165) is 0 Å². The Morgan fingerprint density at radius 1 is 1.08 bits per heavy atom. The number of aliphatic hydroxyl groups excluding tert-OH is 1. The summed E-state index contributed by atoms with van der Waals surface area (Å²) in [5.74, 6) is 3.43. The quantitative estimate of drug-likeness (QED) is 0.170. The van der Waals surface area contributed by atoms with Crippen molar-refractivity contribution in [3.05, 3.63) is 73.6 Å². The molecule has 0 spiro atoms. The van der Waals surface area contributed by atoms with E-state index in [0.29, 0.717) is 14.3 Å². The summed E-state index contributed by atoms with van der Waals surface area (Å²) in [6, 6.07) is 9.20. The van der Waals surface area contributed by atoms with Crippen molar-refractivity contribution in [1.82, 2.24) is 25.1 Å². The number of benzene rings is 2. The van der Waals surface area contributed by atoms with E-state index >= 15 is 0 Å². The Bertz CT molecular complexity index is 1380. The molecule has 204 valence electrons. The van der Waals surface area contributed by atoms with Crippen LogP contribution in [0.15, 0.2) is 47.3 Å². The van der Waals surface area contributed by atoms with Gasteiger partial charge in [0.1, 0.15) is 6.54 Å². The van der Waals surface area contributed by atoms with Crippen molar-refractivity contribution in [3.8, 4) is 11.4 Å². The van der Waals surface area contributed by atoms with Gasteiger partial charge < -0.3 is 10.4 Å². The molecule has 1 unspecified atom stereocenters. The summed E-state index contributed by atoms with van der Waals surface area (Å²) >= 11 is 18.1. The molecule has 5 N–H and O–H groups in total. The Morgan fingerprint density at radius 2 is 1.74 bits per heavy atom. The maximum Gasteiger partial charge on any atom is 0.416 e. The average molecular weight is 596 g/mol. The number of carbonyl (C=O) groups excluding carboxylic acids is 2. The maximum absolute atomic E-state index is 13.0. The highest BCUT2D eigenvalue weighted by Gasteiger charge is 2.39.